The Labute approximate surface area is 94.0 Å². The molecule has 0 amide bonds. The van der Waals surface area contributed by atoms with Gasteiger partial charge >= 0.3 is 0 Å². The van der Waals surface area contributed by atoms with E-state index in [0.717, 1.165) is 17.7 Å². The van der Waals surface area contributed by atoms with Crippen molar-refractivity contribution in [2.24, 2.45) is 0 Å². The SMILES string of the molecule is CCNC(c1cncnc1)c1ccnnc1. The number of hydrogen-bond donors (Lipinski definition) is 1. The fourth-order valence-corrected chi connectivity index (χ4v) is 1.56. The second kappa shape index (κ2) is 5.27. The van der Waals surface area contributed by atoms with Gasteiger partial charge in [0.05, 0.1) is 12.2 Å². The van der Waals surface area contributed by atoms with Gasteiger partial charge in [0.15, 0.2) is 0 Å². The van der Waals surface area contributed by atoms with E-state index in [1.54, 1.807) is 24.8 Å². The summed E-state index contributed by atoms with van der Waals surface area (Å²) >= 11 is 0. The summed E-state index contributed by atoms with van der Waals surface area (Å²) in [6, 6.07) is 2.01. The Morgan fingerprint density at radius 3 is 2.56 bits per heavy atom. The van der Waals surface area contributed by atoms with Crippen LogP contribution in [0.5, 0.6) is 0 Å². The Kier molecular flexibility index (Phi) is 3.50. The number of nitrogens with one attached hydrogen (secondary N) is 1. The lowest BCUT2D eigenvalue weighted by Crippen LogP contribution is -2.22. The van der Waals surface area contributed by atoms with Crippen molar-refractivity contribution in [3.8, 4) is 0 Å². The molecule has 2 rings (SSSR count). The van der Waals surface area contributed by atoms with Gasteiger partial charge in [-0.05, 0) is 18.2 Å². The molecule has 0 aromatic carbocycles. The molecule has 0 radical (unpaired) electrons. The molecule has 5 heteroatoms. The zero-order chi connectivity index (χ0) is 11.2. The highest BCUT2D eigenvalue weighted by molar-refractivity contribution is 5.25. The van der Waals surface area contributed by atoms with Crippen LogP contribution in [0.3, 0.4) is 0 Å². The van der Waals surface area contributed by atoms with Crippen LogP contribution in [0.15, 0.2) is 37.2 Å². The minimum atomic E-state index is 0.0710. The average molecular weight is 215 g/mol. The largest absolute Gasteiger partial charge is 0.306 e. The molecule has 0 bridgehead atoms. The average Bonchev–Trinajstić information content (AvgIpc) is 2.38. The molecule has 82 valence electrons. The third-order valence-corrected chi connectivity index (χ3v) is 2.26. The number of nitrogens with zero attached hydrogens (tertiary/aromatic N) is 4. The van der Waals surface area contributed by atoms with Gasteiger partial charge in [0.1, 0.15) is 6.33 Å². The maximum Gasteiger partial charge on any atom is 0.115 e. The Hall–Kier alpha value is -1.88. The highest BCUT2D eigenvalue weighted by atomic mass is 15.1. The molecule has 0 aliphatic carbocycles. The summed E-state index contributed by atoms with van der Waals surface area (Å²) < 4.78 is 0. The zero-order valence-corrected chi connectivity index (χ0v) is 9.04. The van der Waals surface area contributed by atoms with Crippen LogP contribution < -0.4 is 5.32 Å². The van der Waals surface area contributed by atoms with E-state index in [1.165, 1.54) is 6.33 Å². The van der Waals surface area contributed by atoms with Crippen LogP contribution >= 0.6 is 0 Å². The monoisotopic (exact) mass is 215 g/mol. The summed E-state index contributed by atoms with van der Waals surface area (Å²) in [6.07, 6.45) is 8.57. The van der Waals surface area contributed by atoms with Crippen LogP contribution in [0.25, 0.3) is 0 Å². The molecule has 0 fully saturated rings. The predicted octanol–water partition coefficient (Wildman–Crippen LogP) is 0.966. The van der Waals surface area contributed by atoms with Gasteiger partial charge in [-0.3, -0.25) is 0 Å². The number of aromatic nitrogens is 4. The first-order chi connectivity index (χ1) is 7.92. The molecule has 0 aliphatic heterocycles. The molecule has 1 N–H and O–H groups in total. The molecule has 0 spiro atoms. The molecule has 5 nitrogen and oxygen atoms in total. The highest BCUT2D eigenvalue weighted by Crippen LogP contribution is 2.18. The number of hydrogen-bond acceptors (Lipinski definition) is 5. The second-order valence-corrected chi connectivity index (χ2v) is 3.34. The van der Waals surface area contributed by atoms with Crippen molar-refractivity contribution < 1.29 is 0 Å². The first-order valence-corrected chi connectivity index (χ1v) is 5.16. The molecule has 1 atom stereocenters. The quantitative estimate of drug-likeness (QED) is 0.823. The molecular weight excluding hydrogens is 202 g/mol. The fraction of sp³-hybridized carbons (Fsp3) is 0.273. The Morgan fingerprint density at radius 1 is 1.12 bits per heavy atom. The third-order valence-electron chi connectivity index (χ3n) is 2.26. The van der Waals surface area contributed by atoms with Crippen LogP contribution in [0.2, 0.25) is 0 Å². The minimum Gasteiger partial charge on any atom is -0.306 e. The highest BCUT2D eigenvalue weighted by Gasteiger charge is 2.13. The van der Waals surface area contributed by atoms with Crippen LogP contribution in [-0.4, -0.2) is 26.7 Å². The van der Waals surface area contributed by atoms with Crippen molar-refractivity contribution >= 4 is 0 Å². The van der Waals surface area contributed by atoms with E-state index in [2.05, 4.69) is 32.4 Å². The molecule has 0 saturated carbocycles. The molecule has 16 heavy (non-hydrogen) atoms. The van der Waals surface area contributed by atoms with Crippen molar-refractivity contribution in [3.05, 3.63) is 48.3 Å². The van der Waals surface area contributed by atoms with Crippen molar-refractivity contribution in [2.45, 2.75) is 13.0 Å². The zero-order valence-electron chi connectivity index (χ0n) is 9.04. The van der Waals surface area contributed by atoms with Crippen LogP contribution in [0, 0.1) is 0 Å². The Bertz CT molecular complexity index is 377. The summed E-state index contributed by atoms with van der Waals surface area (Å²) in [5, 5.41) is 11.0. The third kappa shape index (κ3) is 2.38. The maximum atomic E-state index is 4.03. The molecule has 0 saturated heterocycles. The topological polar surface area (TPSA) is 63.6 Å². The van der Waals surface area contributed by atoms with Crippen molar-refractivity contribution in [2.75, 3.05) is 6.54 Å². The normalized spacial score (nSPS) is 12.3. The minimum absolute atomic E-state index is 0.0710. The number of rotatable bonds is 4. The van der Waals surface area contributed by atoms with E-state index in [-0.39, 0.29) is 6.04 Å². The van der Waals surface area contributed by atoms with E-state index < -0.39 is 0 Å². The van der Waals surface area contributed by atoms with Crippen molar-refractivity contribution in [1.29, 1.82) is 0 Å². The van der Waals surface area contributed by atoms with E-state index in [1.807, 2.05) is 6.07 Å². The van der Waals surface area contributed by atoms with Crippen LogP contribution in [0.1, 0.15) is 24.1 Å². The smallest absolute Gasteiger partial charge is 0.115 e. The summed E-state index contributed by atoms with van der Waals surface area (Å²) in [4.78, 5) is 8.05. The van der Waals surface area contributed by atoms with Gasteiger partial charge in [-0.25, -0.2) is 9.97 Å². The molecule has 2 aromatic heterocycles. The summed E-state index contributed by atoms with van der Waals surface area (Å²) in [7, 11) is 0. The summed E-state index contributed by atoms with van der Waals surface area (Å²) in [5.74, 6) is 0. The molecular formula is C11H13N5. The van der Waals surface area contributed by atoms with Gasteiger partial charge in [-0.1, -0.05) is 6.92 Å². The first kappa shape index (κ1) is 10.6. The fourth-order valence-electron chi connectivity index (χ4n) is 1.56. The van der Waals surface area contributed by atoms with Gasteiger partial charge in [-0.15, -0.1) is 0 Å². The lowest BCUT2D eigenvalue weighted by atomic mass is 10.0. The molecule has 2 aromatic rings. The Morgan fingerprint density at radius 2 is 1.94 bits per heavy atom. The van der Waals surface area contributed by atoms with E-state index in [0.29, 0.717) is 0 Å². The lowest BCUT2D eigenvalue weighted by molar-refractivity contribution is 0.622. The second-order valence-electron chi connectivity index (χ2n) is 3.34. The summed E-state index contributed by atoms with van der Waals surface area (Å²) in [5.41, 5.74) is 2.09. The van der Waals surface area contributed by atoms with Gasteiger partial charge in [0, 0.05) is 24.2 Å². The molecule has 0 aliphatic rings. The maximum absolute atomic E-state index is 4.03. The van der Waals surface area contributed by atoms with E-state index in [9.17, 15) is 0 Å². The molecule has 2 heterocycles. The summed E-state index contributed by atoms with van der Waals surface area (Å²) in [6.45, 7) is 2.92. The lowest BCUT2D eigenvalue weighted by Gasteiger charge is -2.17. The van der Waals surface area contributed by atoms with Crippen LogP contribution in [-0.2, 0) is 0 Å². The van der Waals surface area contributed by atoms with Crippen molar-refractivity contribution in [1.82, 2.24) is 25.5 Å². The van der Waals surface area contributed by atoms with Crippen LogP contribution in [0.4, 0.5) is 0 Å². The van der Waals surface area contributed by atoms with Gasteiger partial charge < -0.3 is 5.32 Å². The molecule has 1 unspecified atom stereocenters. The van der Waals surface area contributed by atoms with Gasteiger partial charge in [0.25, 0.3) is 0 Å². The Balaban J connectivity index is 2.31. The van der Waals surface area contributed by atoms with Crippen molar-refractivity contribution in [3.63, 3.8) is 0 Å². The first-order valence-electron chi connectivity index (χ1n) is 5.16. The van der Waals surface area contributed by atoms with E-state index >= 15 is 0 Å². The van der Waals surface area contributed by atoms with Gasteiger partial charge in [-0.2, -0.15) is 10.2 Å². The standard InChI is InChI=1S/C11H13N5/c1-2-14-11(9-3-4-15-16-7-9)10-5-12-8-13-6-10/h3-8,11,14H,2H2,1H3. The predicted molar refractivity (Wildman–Crippen MR) is 59.6 cm³/mol. The van der Waals surface area contributed by atoms with Gasteiger partial charge in [0.2, 0.25) is 0 Å². The van der Waals surface area contributed by atoms with E-state index in [4.69, 9.17) is 0 Å².